The van der Waals surface area contributed by atoms with Crippen molar-refractivity contribution in [2.24, 2.45) is 5.92 Å². The van der Waals surface area contributed by atoms with E-state index in [4.69, 9.17) is 0 Å². The van der Waals surface area contributed by atoms with E-state index in [9.17, 15) is 18.3 Å². The summed E-state index contributed by atoms with van der Waals surface area (Å²) in [4.78, 5) is 15.5. The van der Waals surface area contributed by atoms with Gasteiger partial charge in [0.25, 0.3) is 10.0 Å². The molecule has 0 amide bonds. The lowest BCUT2D eigenvalue weighted by Crippen LogP contribution is -2.48. The van der Waals surface area contributed by atoms with Crippen molar-refractivity contribution < 1.29 is 23.1 Å². The Bertz CT molecular complexity index is 612. The summed E-state index contributed by atoms with van der Waals surface area (Å²) in [5.41, 5.74) is 0. The largest absolute Gasteiger partial charge is 0.469 e. The first-order valence-corrected chi connectivity index (χ1v) is 8.11. The monoisotopic (exact) mass is 317 g/mol. The molecule has 2 heterocycles. The second-order valence-corrected chi connectivity index (χ2v) is 6.76. The van der Waals surface area contributed by atoms with E-state index in [1.54, 1.807) is 6.20 Å². The SMILES string of the molecule is CCn1ccnc1S(=O)(=O)N1CC(O)CC(C(=O)OC)C1. The van der Waals surface area contributed by atoms with Crippen LogP contribution in [0.3, 0.4) is 0 Å². The van der Waals surface area contributed by atoms with Gasteiger partial charge in [-0.2, -0.15) is 4.31 Å². The first-order chi connectivity index (χ1) is 9.90. The molecule has 2 unspecified atom stereocenters. The fourth-order valence-electron chi connectivity index (χ4n) is 2.45. The van der Waals surface area contributed by atoms with Crippen LogP contribution in [-0.4, -0.2) is 59.7 Å². The zero-order valence-electron chi connectivity index (χ0n) is 12.0. The number of ether oxygens (including phenoxy) is 1. The number of carbonyl (C=O) groups excluding carboxylic acids is 1. The maximum absolute atomic E-state index is 12.6. The number of hydrogen-bond acceptors (Lipinski definition) is 6. The summed E-state index contributed by atoms with van der Waals surface area (Å²) in [5.74, 6) is -1.19. The predicted molar refractivity (Wildman–Crippen MR) is 72.8 cm³/mol. The number of β-amino-alcohol motifs (C(OH)–C–C–N with tert-alkyl or cyclic N) is 1. The number of aliphatic hydroxyl groups is 1. The molecule has 0 aliphatic carbocycles. The minimum Gasteiger partial charge on any atom is -0.469 e. The summed E-state index contributed by atoms with van der Waals surface area (Å²) in [6, 6.07) is 0. The Balaban J connectivity index is 2.29. The zero-order valence-corrected chi connectivity index (χ0v) is 12.8. The Hall–Kier alpha value is -1.45. The minimum atomic E-state index is -3.85. The third-order valence-corrected chi connectivity index (χ3v) is 5.30. The summed E-state index contributed by atoms with van der Waals surface area (Å²) in [6.45, 7) is 2.21. The molecule has 118 valence electrons. The Morgan fingerprint density at radius 2 is 2.24 bits per heavy atom. The van der Waals surface area contributed by atoms with Crippen LogP contribution >= 0.6 is 0 Å². The Morgan fingerprint density at radius 1 is 1.52 bits per heavy atom. The average Bonchev–Trinajstić information content (AvgIpc) is 2.95. The van der Waals surface area contributed by atoms with Crippen molar-refractivity contribution in [1.82, 2.24) is 13.9 Å². The number of sulfonamides is 1. The lowest BCUT2D eigenvalue weighted by Gasteiger charge is -2.33. The average molecular weight is 317 g/mol. The van der Waals surface area contributed by atoms with E-state index in [1.165, 1.54) is 17.9 Å². The maximum Gasteiger partial charge on any atom is 0.310 e. The Labute approximate surface area is 123 Å². The zero-order chi connectivity index (χ0) is 15.6. The van der Waals surface area contributed by atoms with E-state index in [0.29, 0.717) is 6.54 Å². The number of nitrogens with zero attached hydrogens (tertiary/aromatic N) is 3. The van der Waals surface area contributed by atoms with Crippen molar-refractivity contribution in [3.05, 3.63) is 12.4 Å². The number of rotatable bonds is 4. The molecule has 1 N–H and O–H groups in total. The quantitative estimate of drug-likeness (QED) is 0.748. The fourth-order valence-corrected chi connectivity index (χ4v) is 4.11. The van der Waals surface area contributed by atoms with Crippen LogP contribution < -0.4 is 0 Å². The molecule has 1 saturated heterocycles. The van der Waals surface area contributed by atoms with Gasteiger partial charge in [-0.15, -0.1) is 0 Å². The van der Waals surface area contributed by atoms with Gasteiger partial charge in [-0.25, -0.2) is 13.4 Å². The molecule has 1 aromatic rings. The number of carbonyl (C=O) groups is 1. The third-order valence-electron chi connectivity index (χ3n) is 3.52. The molecule has 1 aromatic heterocycles. The Kier molecular flexibility index (Phi) is 4.64. The topological polar surface area (TPSA) is 102 Å². The number of imidazole rings is 1. The molecule has 0 bridgehead atoms. The molecule has 9 heteroatoms. The lowest BCUT2D eigenvalue weighted by molar-refractivity contribution is -0.148. The molecule has 1 aliphatic rings. The molecule has 8 nitrogen and oxygen atoms in total. The van der Waals surface area contributed by atoms with E-state index < -0.39 is 28.0 Å². The van der Waals surface area contributed by atoms with Crippen LogP contribution in [0.4, 0.5) is 0 Å². The number of esters is 1. The third kappa shape index (κ3) is 3.09. The molecule has 1 fully saturated rings. The number of piperidine rings is 1. The van der Waals surface area contributed by atoms with Gasteiger partial charge in [-0.05, 0) is 13.3 Å². The van der Waals surface area contributed by atoms with Crippen LogP contribution in [0.2, 0.25) is 0 Å². The van der Waals surface area contributed by atoms with Gasteiger partial charge in [0.1, 0.15) is 0 Å². The highest BCUT2D eigenvalue weighted by atomic mass is 32.2. The number of aliphatic hydroxyl groups excluding tert-OH is 1. The van der Waals surface area contributed by atoms with Crippen LogP contribution in [0.25, 0.3) is 0 Å². The summed E-state index contributed by atoms with van der Waals surface area (Å²) < 4.78 is 32.5. The summed E-state index contributed by atoms with van der Waals surface area (Å²) >= 11 is 0. The van der Waals surface area contributed by atoms with Crippen LogP contribution in [-0.2, 0) is 26.1 Å². The van der Waals surface area contributed by atoms with Gasteiger partial charge >= 0.3 is 5.97 Å². The maximum atomic E-state index is 12.6. The first kappa shape index (κ1) is 15.9. The highest BCUT2D eigenvalue weighted by Gasteiger charge is 2.39. The molecule has 2 atom stereocenters. The van der Waals surface area contributed by atoms with Crippen LogP contribution in [0.15, 0.2) is 17.6 Å². The van der Waals surface area contributed by atoms with Crippen LogP contribution in [0.1, 0.15) is 13.3 Å². The van der Waals surface area contributed by atoms with E-state index in [2.05, 4.69) is 9.72 Å². The highest BCUT2D eigenvalue weighted by Crippen LogP contribution is 2.24. The second-order valence-electron chi connectivity index (χ2n) is 4.93. The van der Waals surface area contributed by atoms with Gasteiger partial charge in [-0.1, -0.05) is 0 Å². The van der Waals surface area contributed by atoms with E-state index in [0.717, 1.165) is 4.31 Å². The normalized spacial score (nSPS) is 24.0. The lowest BCUT2D eigenvalue weighted by atomic mass is 9.98. The van der Waals surface area contributed by atoms with Crippen molar-refractivity contribution in [3.8, 4) is 0 Å². The summed E-state index contributed by atoms with van der Waals surface area (Å²) in [7, 11) is -2.61. The van der Waals surface area contributed by atoms with E-state index >= 15 is 0 Å². The van der Waals surface area contributed by atoms with Crippen molar-refractivity contribution >= 4 is 16.0 Å². The Morgan fingerprint density at radius 3 is 2.86 bits per heavy atom. The standard InChI is InChI=1S/C12H19N3O5S/c1-3-14-5-4-13-12(14)21(18,19)15-7-9(11(17)20-2)6-10(16)8-15/h4-5,9-10,16H,3,6-8H2,1-2H3. The van der Waals surface area contributed by atoms with Crippen LogP contribution in [0.5, 0.6) is 0 Å². The molecule has 1 aliphatic heterocycles. The summed E-state index contributed by atoms with van der Waals surface area (Å²) in [6.07, 6.45) is 2.28. The molecular formula is C12H19N3O5S. The predicted octanol–water partition coefficient (Wildman–Crippen LogP) is -0.552. The van der Waals surface area contributed by atoms with Gasteiger partial charge in [0.15, 0.2) is 0 Å². The first-order valence-electron chi connectivity index (χ1n) is 6.67. The number of aromatic nitrogens is 2. The van der Waals surface area contributed by atoms with E-state index in [1.807, 2.05) is 6.92 Å². The number of aryl methyl sites for hydroxylation is 1. The highest BCUT2D eigenvalue weighted by molar-refractivity contribution is 7.89. The minimum absolute atomic E-state index is 0.0113. The second kappa shape index (κ2) is 6.12. The van der Waals surface area contributed by atoms with Crippen molar-refractivity contribution in [2.45, 2.75) is 31.1 Å². The van der Waals surface area contributed by atoms with Crippen molar-refractivity contribution in [2.75, 3.05) is 20.2 Å². The number of hydrogen-bond donors (Lipinski definition) is 1. The van der Waals surface area contributed by atoms with Crippen molar-refractivity contribution in [1.29, 1.82) is 0 Å². The van der Waals surface area contributed by atoms with E-state index in [-0.39, 0.29) is 24.7 Å². The van der Waals surface area contributed by atoms with Gasteiger partial charge in [0.2, 0.25) is 5.16 Å². The molecule has 2 rings (SSSR count). The van der Waals surface area contributed by atoms with Gasteiger partial charge < -0.3 is 14.4 Å². The van der Waals surface area contributed by atoms with Crippen LogP contribution in [0, 0.1) is 5.92 Å². The molecule has 0 aromatic carbocycles. The van der Waals surface area contributed by atoms with Gasteiger partial charge in [0.05, 0.1) is 19.1 Å². The molecule has 0 saturated carbocycles. The smallest absolute Gasteiger partial charge is 0.310 e. The fraction of sp³-hybridized carbons (Fsp3) is 0.667. The molecule has 0 spiro atoms. The van der Waals surface area contributed by atoms with Crippen molar-refractivity contribution in [3.63, 3.8) is 0 Å². The summed E-state index contributed by atoms with van der Waals surface area (Å²) in [5, 5.41) is 9.76. The van der Waals surface area contributed by atoms with Gasteiger partial charge in [-0.3, -0.25) is 4.79 Å². The number of methoxy groups -OCH3 is 1. The molecular weight excluding hydrogens is 298 g/mol. The molecule has 0 radical (unpaired) electrons. The van der Waals surface area contributed by atoms with Gasteiger partial charge in [0, 0.05) is 32.0 Å². The molecule has 21 heavy (non-hydrogen) atoms.